The normalized spacial score (nSPS) is 9.80. The standard InChI is InChI=1S/C10H12BrNO3/c1-3-15-10(13)8-6(11)4-5-7(14-2)9(8)12/h4-5H,3,12H2,1-2H3. The summed E-state index contributed by atoms with van der Waals surface area (Å²) in [6.07, 6.45) is 0. The number of carbonyl (C=O) groups excluding carboxylic acids is 1. The number of carbonyl (C=O) groups is 1. The van der Waals surface area contributed by atoms with Gasteiger partial charge in [0.1, 0.15) is 11.3 Å². The van der Waals surface area contributed by atoms with Gasteiger partial charge in [-0.15, -0.1) is 0 Å². The number of esters is 1. The average Bonchev–Trinajstić information content (AvgIpc) is 2.18. The summed E-state index contributed by atoms with van der Waals surface area (Å²) in [6.45, 7) is 2.05. The molecule has 0 radical (unpaired) electrons. The van der Waals surface area contributed by atoms with Crippen LogP contribution in [-0.4, -0.2) is 19.7 Å². The predicted molar refractivity (Wildman–Crippen MR) is 61.1 cm³/mol. The lowest BCUT2D eigenvalue weighted by Gasteiger charge is -2.10. The van der Waals surface area contributed by atoms with Crippen LogP contribution in [0.5, 0.6) is 5.75 Å². The number of rotatable bonds is 3. The van der Waals surface area contributed by atoms with Gasteiger partial charge in [0.25, 0.3) is 0 Å². The molecule has 15 heavy (non-hydrogen) atoms. The molecule has 0 aliphatic heterocycles. The first kappa shape index (κ1) is 11.8. The zero-order chi connectivity index (χ0) is 11.4. The SMILES string of the molecule is CCOC(=O)c1c(Br)ccc(OC)c1N. The minimum atomic E-state index is -0.458. The van der Waals surface area contributed by atoms with Gasteiger partial charge in [0.15, 0.2) is 0 Å². The Hall–Kier alpha value is -1.23. The molecular weight excluding hydrogens is 262 g/mol. The van der Waals surface area contributed by atoms with Crippen LogP contribution in [-0.2, 0) is 4.74 Å². The Kier molecular flexibility index (Phi) is 3.96. The molecule has 1 aromatic carbocycles. The Morgan fingerprint density at radius 3 is 2.73 bits per heavy atom. The highest BCUT2D eigenvalue weighted by atomic mass is 79.9. The fourth-order valence-corrected chi connectivity index (χ4v) is 1.67. The molecular formula is C10H12BrNO3. The molecule has 2 N–H and O–H groups in total. The zero-order valence-corrected chi connectivity index (χ0v) is 10.1. The van der Waals surface area contributed by atoms with Gasteiger partial charge in [0.05, 0.1) is 19.4 Å². The lowest BCUT2D eigenvalue weighted by atomic mass is 10.1. The van der Waals surface area contributed by atoms with Crippen LogP contribution < -0.4 is 10.5 Å². The molecule has 0 aliphatic carbocycles. The third-order valence-corrected chi connectivity index (χ3v) is 2.51. The Balaban J connectivity index is 3.20. The molecule has 0 aromatic heterocycles. The third kappa shape index (κ3) is 2.41. The number of hydrogen-bond donors (Lipinski definition) is 1. The van der Waals surface area contributed by atoms with Crippen LogP contribution in [0.25, 0.3) is 0 Å². The highest BCUT2D eigenvalue weighted by molar-refractivity contribution is 9.10. The van der Waals surface area contributed by atoms with E-state index in [-0.39, 0.29) is 5.69 Å². The van der Waals surface area contributed by atoms with Gasteiger partial charge >= 0.3 is 5.97 Å². The molecule has 0 bridgehead atoms. The second-order valence-corrected chi connectivity index (χ2v) is 3.61. The first-order valence-corrected chi connectivity index (χ1v) is 5.20. The number of hydrogen-bond acceptors (Lipinski definition) is 4. The lowest BCUT2D eigenvalue weighted by Crippen LogP contribution is -2.09. The van der Waals surface area contributed by atoms with Gasteiger partial charge in [-0.25, -0.2) is 4.79 Å². The molecule has 0 heterocycles. The maximum Gasteiger partial charge on any atom is 0.341 e. The van der Waals surface area contributed by atoms with Gasteiger partial charge in [0.2, 0.25) is 0 Å². The number of nitrogens with two attached hydrogens (primary N) is 1. The van der Waals surface area contributed by atoms with Crippen molar-refractivity contribution >= 4 is 27.6 Å². The van der Waals surface area contributed by atoms with E-state index in [1.807, 2.05) is 0 Å². The molecule has 1 rings (SSSR count). The second kappa shape index (κ2) is 5.02. The molecule has 0 unspecified atom stereocenters. The van der Waals surface area contributed by atoms with E-state index in [1.165, 1.54) is 7.11 Å². The van der Waals surface area contributed by atoms with E-state index in [9.17, 15) is 4.79 Å². The van der Waals surface area contributed by atoms with Crippen LogP contribution in [0.1, 0.15) is 17.3 Å². The molecule has 0 fully saturated rings. The summed E-state index contributed by atoms with van der Waals surface area (Å²) in [6, 6.07) is 3.38. The molecule has 0 saturated heterocycles. The van der Waals surface area contributed by atoms with Crippen LogP contribution in [0.4, 0.5) is 5.69 Å². The summed E-state index contributed by atoms with van der Waals surface area (Å²) in [7, 11) is 1.49. The van der Waals surface area contributed by atoms with Gasteiger partial charge in [0, 0.05) is 4.47 Å². The third-order valence-electron chi connectivity index (χ3n) is 1.85. The molecule has 82 valence electrons. The van der Waals surface area contributed by atoms with Crippen molar-refractivity contribution in [3.05, 3.63) is 22.2 Å². The summed E-state index contributed by atoms with van der Waals surface area (Å²) >= 11 is 3.24. The Labute approximate surface area is 96.5 Å². The number of halogens is 1. The van der Waals surface area contributed by atoms with E-state index in [2.05, 4.69) is 15.9 Å². The number of benzene rings is 1. The second-order valence-electron chi connectivity index (χ2n) is 2.76. The van der Waals surface area contributed by atoms with Crippen LogP contribution in [0, 0.1) is 0 Å². The topological polar surface area (TPSA) is 61.5 Å². The first-order valence-electron chi connectivity index (χ1n) is 4.40. The predicted octanol–water partition coefficient (Wildman–Crippen LogP) is 2.22. The lowest BCUT2D eigenvalue weighted by molar-refractivity contribution is 0.0526. The van der Waals surface area contributed by atoms with Crippen molar-refractivity contribution < 1.29 is 14.3 Å². The molecule has 0 saturated carbocycles. The minimum absolute atomic E-state index is 0.283. The van der Waals surface area contributed by atoms with Crippen molar-refractivity contribution in [2.75, 3.05) is 19.5 Å². The molecule has 0 amide bonds. The zero-order valence-electron chi connectivity index (χ0n) is 8.54. The maximum absolute atomic E-state index is 11.6. The molecule has 1 aromatic rings. The molecule has 0 spiro atoms. The van der Waals surface area contributed by atoms with E-state index >= 15 is 0 Å². The van der Waals surface area contributed by atoms with E-state index in [0.717, 1.165) is 0 Å². The Morgan fingerprint density at radius 2 is 2.20 bits per heavy atom. The highest BCUT2D eigenvalue weighted by Gasteiger charge is 2.18. The van der Waals surface area contributed by atoms with Gasteiger partial charge in [-0.2, -0.15) is 0 Å². The average molecular weight is 274 g/mol. The van der Waals surface area contributed by atoms with Crippen molar-refractivity contribution in [1.82, 2.24) is 0 Å². The number of anilines is 1. The summed E-state index contributed by atoms with van der Waals surface area (Å²) in [5, 5.41) is 0. The van der Waals surface area contributed by atoms with Crippen molar-refractivity contribution in [3.63, 3.8) is 0 Å². The van der Waals surface area contributed by atoms with Crippen LogP contribution in [0.2, 0.25) is 0 Å². The fourth-order valence-electron chi connectivity index (χ4n) is 1.16. The summed E-state index contributed by atoms with van der Waals surface area (Å²) in [4.78, 5) is 11.6. The van der Waals surface area contributed by atoms with Crippen molar-refractivity contribution in [2.24, 2.45) is 0 Å². The molecule has 0 aliphatic rings. The highest BCUT2D eigenvalue weighted by Crippen LogP contribution is 2.31. The van der Waals surface area contributed by atoms with Crippen molar-refractivity contribution in [3.8, 4) is 5.75 Å². The van der Waals surface area contributed by atoms with Gasteiger partial charge in [-0.1, -0.05) is 0 Å². The summed E-state index contributed by atoms with van der Waals surface area (Å²) in [5.41, 5.74) is 6.35. The van der Waals surface area contributed by atoms with Crippen LogP contribution in [0.3, 0.4) is 0 Å². The summed E-state index contributed by atoms with van der Waals surface area (Å²) in [5.74, 6) is 0.00188. The van der Waals surface area contributed by atoms with Gasteiger partial charge in [-0.05, 0) is 35.0 Å². The first-order chi connectivity index (χ1) is 7.11. The molecule has 4 nitrogen and oxygen atoms in total. The number of methoxy groups -OCH3 is 1. The molecule has 0 atom stereocenters. The number of ether oxygens (including phenoxy) is 2. The van der Waals surface area contributed by atoms with Crippen molar-refractivity contribution in [1.29, 1.82) is 0 Å². The van der Waals surface area contributed by atoms with Gasteiger partial charge in [-0.3, -0.25) is 0 Å². The summed E-state index contributed by atoms with van der Waals surface area (Å²) < 4.78 is 10.5. The van der Waals surface area contributed by atoms with Crippen LogP contribution >= 0.6 is 15.9 Å². The van der Waals surface area contributed by atoms with E-state index in [4.69, 9.17) is 15.2 Å². The molecule has 5 heteroatoms. The van der Waals surface area contributed by atoms with E-state index in [0.29, 0.717) is 22.4 Å². The quantitative estimate of drug-likeness (QED) is 0.678. The van der Waals surface area contributed by atoms with E-state index < -0.39 is 5.97 Å². The Morgan fingerprint density at radius 1 is 1.53 bits per heavy atom. The largest absolute Gasteiger partial charge is 0.495 e. The Bertz CT molecular complexity index is 379. The monoisotopic (exact) mass is 273 g/mol. The van der Waals surface area contributed by atoms with Gasteiger partial charge < -0.3 is 15.2 Å². The minimum Gasteiger partial charge on any atom is -0.495 e. The van der Waals surface area contributed by atoms with E-state index in [1.54, 1.807) is 19.1 Å². The smallest absolute Gasteiger partial charge is 0.341 e. The fraction of sp³-hybridized carbons (Fsp3) is 0.300. The van der Waals surface area contributed by atoms with Crippen LogP contribution in [0.15, 0.2) is 16.6 Å². The van der Waals surface area contributed by atoms with Crippen molar-refractivity contribution in [2.45, 2.75) is 6.92 Å². The maximum atomic E-state index is 11.6. The number of nitrogen functional groups attached to an aromatic ring is 1.